The number of carboxylic acids is 1. The molecule has 2 aromatic carbocycles. The van der Waals surface area contributed by atoms with Gasteiger partial charge in [-0.2, -0.15) is 5.10 Å². The Bertz CT molecular complexity index is 4810. The summed E-state index contributed by atoms with van der Waals surface area (Å²) in [6.45, 7) is 12.3. The van der Waals surface area contributed by atoms with Crippen LogP contribution in [0.1, 0.15) is 136 Å². The summed E-state index contributed by atoms with van der Waals surface area (Å²) in [4.78, 5) is 251. The smallest absolute Gasteiger partial charge is 0.411 e. The van der Waals surface area contributed by atoms with Crippen LogP contribution in [-0.2, 0) is 157 Å². The molecule has 49 nitrogen and oxygen atoms in total. The molecule has 10 aliphatic rings. The summed E-state index contributed by atoms with van der Waals surface area (Å²) >= 11 is 0. The molecule has 5 spiro atoms. The predicted octanol–water partition coefficient (Wildman–Crippen LogP) is -6.48. The molecule has 135 heavy (non-hydrogen) atoms. The summed E-state index contributed by atoms with van der Waals surface area (Å²) in [6.07, 6.45) is 2.39. The number of hydrogen-bond donors (Lipinski definition) is 14. The van der Waals surface area contributed by atoms with Gasteiger partial charge in [0.2, 0.25) is 64.9 Å². The quantitative estimate of drug-likeness (QED) is 0.00843. The number of esters is 2. The number of aryl methyl sites for hydroxylation is 1. The maximum absolute atomic E-state index is 12.8. The molecule has 10 aliphatic heterocycles. The van der Waals surface area contributed by atoms with Crippen molar-refractivity contribution in [3.8, 4) is 0 Å². The molecule has 0 saturated carbocycles. The van der Waals surface area contributed by atoms with E-state index in [0.29, 0.717) is 84.2 Å². The normalized spacial score (nSPS) is 22.8. The zero-order chi connectivity index (χ0) is 97.1. The number of likely N-dealkylation sites (tertiary alicyclic amines) is 9. The Kier molecular flexibility index (Phi) is 42.6. The molecule has 13 atom stereocenters. The monoisotopic (exact) mass is 2090 g/mol. The third-order valence-corrected chi connectivity index (χ3v) is 23.7. The van der Waals surface area contributed by atoms with Crippen LogP contribution in [0.4, 0.5) is 9.59 Å². The van der Waals surface area contributed by atoms with E-state index in [0.717, 1.165) is 36.9 Å². The Hall–Kier alpha value is -12.1. The Morgan fingerprint density at radius 3 is 1.01 bits per heavy atom. The van der Waals surface area contributed by atoms with E-state index in [2.05, 4.69) is 41.4 Å². The standard InChI is InChI=1S/C20H26N4O6.C16H23N7O5.C16H18N2O5.C14H22N4O5.C12H20N4O4.C4H6O3.2CH3.2Pd.H2/c1-13(25)16(17(21)27)22-15(26)10-23-12-20(18(23)28)8-5-9-24(20)19(29)30-11-14-6-3-2-4-7-14;1-9(24)11(12(17)26)20-10(25)6-22-7-16(15(22)28)4-3-5-23(16)14(27)13-18-8-19-21(13)2;19-13(20)9-17-11-16(14(17)21)7-4-8-18(16)15(22)23-10-12-5-2-1-3-6-12;1-8(19)11(12(15)22)16-10(21)6-17-7-14(13(17)23)4-3-5-18(14)9(2)20;1-7(17)9(10(13)19)15-8(18)5-16-6-12(11(16)20)3-2-4-14-12;1-3(5)7-4(2)6;;;;;/h2-4,6-7,13,16,25H,5,8-12H2,1H3,(H2,21,27)(H,22,26);8-9,11,24H,3-7H2,1-2H3,(H2,17,26)(H,20,25);1-3,5-6H,4,7-11H2,(H,19,20);8,11,19H,3-7H2,1-2H3,(H2,15,22)(H,16,21);7,9,14,17H,2-6H2,1H3,(H2,13,19)(H,15,18);1-2H3;2*1H3;;;1H/q;;;;;;2*-1;;;/t13-,16+,20?;9-,11+,16?;;8-,11+,14?;7-,9+,12?;;;;;;/m11.11....../s1. The van der Waals surface area contributed by atoms with Gasteiger partial charge in [-0.15, -0.1) is 0 Å². The molecule has 0 aliphatic carbocycles. The van der Waals surface area contributed by atoms with Gasteiger partial charge in [0.15, 0.2) is 0 Å². The van der Waals surface area contributed by atoms with Crippen LogP contribution >= 0.6 is 0 Å². The number of nitrogens with one attached hydrogen (secondary N) is 5. The molecular weight excluding hydrogens is 1960 g/mol. The first kappa shape index (κ1) is 115. The summed E-state index contributed by atoms with van der Waals surface area (Å²) in [7, 11) is 1.60. The number of carboxylic acid groups (broad SMARTS) is 1. The van der Waals surface area contributed by atoms with Crippen LogP contribution in [0.5, 0.6) is 0 Å². The average Bonchev–Trinajstić information content (AvgIpc) is 1.44. The fourth-order valence-electron chi connectivity index (χ4n) is 17.3. The fourth-order valence-corrected chi connectivity index (χ4v) is 17.3. The summed E-state index contributed by atoms with van der Waals surface area (Å²) in [5.41, 5.74) is 18.1. The van der Waals surface area contributed by atoms with E-state index in [4.69, 9.17) is 37.5 Å². The number of carbonyl (C=O) groups is 20. The summed E-state index contributed by atoms with van der Waals surface area (Å²) in [6, 6.07) is 13.7. The molecule has 10 fully saturated rings. The van der Waals surface area contributed by atoms with Gasteiger partial charge in [-0.25, -0.2) is 19.3 Å². The number of aliphatic hydroxyl groups is 4. The fraction of sp³-hybridized carbons (Fsp3) is 0.571. The van der Waals surface area contributed by atoms with Gasteiger partial charge >= 0.3 is 30.1 Å². The molecule has 18 N–H and O–H groups in total. The van der Waals surface area contributed by atoms with Crippen LogP contribution in [0.3, 0.4) is 0 Å². The predicted molar refractivity (Wildman–Crippen MR) is 463 cm³/mol. The molecule has 0 radical (unpaired) electrons. The Labute approximate surface area is 806 Å². The van der Waals surface area contributed by atoms with Crippen LogP contribution in [0, 0.1) is 14.9 Å². The molecule has 5 unspecified atom stereocenters. The first-order chi connectivity index (χ1) is 61.6. The average molecular weight is 2090 g/mol. The van der Waals surface area contributed by atoms with Crippen molar-refractivity contribution in [2.45, 2.75) is 202 Å². The van der Waals surface area contributed by atoms with Gasteiger partial charge in [0.25, 0.3) is 29.5 Å². The number of aliphatic carboxylic acids is 1. The number of amides is 17. The van der Waals surface area contributed by atoms with E-state index in [-0.39, 0.29) is 170 Å². The molecule has 3 aromatic rings. The van der Waals surface area contributed by atoms with Gasteiger partial charge in [-0.3, -0.25) is 96.1 Å². The second kappa shape index (κ2) is 49.9. The Morgan fingerprint density at radius 1 is 0.444 bits per heavy atom. The number of aliphatic hydroxyl groups excluding tert-OH is 4. The van der Waals surface area contributed by atoms with Crippen LogP contribution in [0.15, 0.2) is 67.0 Å². The molecule has 17 amide bonds. The summed E-state index contributed by atoms with van der Waals surface area (Å²) in [5, 5.41) is 62.9. The van der Waals surface area contributed by atoms with Crippen molar-refractivity contribution >= 4 is 119 Å². The van der Waals surface area contributed by atoms with Crippen molar-refractivity contribution in [1.29, 1.82) is 0 Å². The van der Waals surface area contributed by atoms with E-state index in [1.54, 1.807) is 11.9 Å². The van der Waals surface area contributed by atoms with E-state index >= 15 is 0 Å². The molecule has 0 bridgehead atoms. The minimum atomic E-state index is -1.24. The van der Waals surface area contributed by atoms with Crippen molar-refractivity contribution in [3.63, 3.8) is 0 Å². The van der Waals surface area contributed by atoms with E-state index in [9.17, 15) is 116 Å². The van der Waals surface area contributed by atoms with Crippen molar-refractivity contribution in [2.75, 3.05) is 98.2 Å². The third-order valence-electron chi connectivity index (χ3n) is 23.7. The van der Waals surface area contributed by atoms with Gasteiger partial charge in [0.05, 0.1) is 76.8 Å². The molecule has 1 aromatic heterocycles. The minimum absolute atomic E-state index is 0. The number of carbonyl (C=O) groups excluding carboxylic acids is 19. The Balaban J connectivity index is 0.000000428. The third kappa shape index (κ3) is 27.6. The van der Waals surface area contributed by atoms with Crippen molar-refractivity contribution in [2.24, 2.45) is 30.0 Å². The van der Waals surface area contributed by atoms with E-state index in [1.165, 1.54) is 98.7 Å². The van der Waals surface area contributed by atoms with Gasteiger partial charge in [0.1, 0.15) is 77.9 Å². The maximum atomic E-state index is 12.8. The van der Waals surface area contributed by atoms with Crippen molar-refractivity contribution < 1.29 is 178 Å². The number of aromatic nitrogens is 3. The number of β-lactam (4-membered cyclic amide) rings is 5. The Morgan fingerprint density at radius 2 is 0.748 bits per heavy atom. The minimum Gasteiger partial charge on any atom is -0.480 e. The number of nitrogens with two attached hydrogens (primary N) is 4. The number of nitrogens with zero attached hydrogens (tertiary/aromatic N) is 12. The number of ether oxygens (including phenoxy) is 3. The second-order valence-corrected chi connectivity index (χ2v) is 33.4. The van der Waals surface area contributed by atoms with Crippen LogP contribution in [-0.4, -0.2) is 378 Å². The largest absolute Gasteiger partial charge is 0.480 e. The number of rotatable bonds is 27. The SMILES string of the molecule is CC(=O)N1CCCC12CN(CC(=O)N[C@H](C(N)=O)[C@@H](C)O)C2=O.CC(=O)OC(C)=O.C[C@@H](O)[C@H](NC(=O)CN1CC2(CCCN2)C1=O)C(N)=O.C[C@@H](O)[C@H](NC(=O)CN1CC2(CCCN2C(=O)OCc2ccccc2)C1=O)C(N)=O.C[C@@H](O)[C@H](NC(=O)CN1CC2(CCCN2C(=O)c2ncnn2C)C1=O)C(N)=O.O=C(O)CN1CC2(CCCN2C(=O)OCc2ccccc2)C1=O.[CH3-].[CH3-].[HH].[Pd].[Pd]. The van der Waals surface area contributed by atoms with E-state index < -0.39 is 154 Å². The zero-order valence-electron chi connectivity index (χ0n) is 76.5. The second-order valence-electron chi connectivity index (χ2n) is 33.4. The molecule has 754 valence electrons. The van der Waals surface area contributed by atoms with Crippen molar-refractivity contribution in [1.82, 2.24) is 85.4 Å². The number of hydrogen-bond acceptors (Lipinski definition) is 30. The maximum Gasteiger partial charge on any atom is 0.411 e. The van der Waals surface area contributed by atoms with Crippen molar-refractivity contribution in [3.05, 3.63) is 98.8 Å². The van der Waals surface area contributed by atoms with Gasteiger partial charge in [-0.1, -0.05) is 60.7 Å². The van der Waals surface area contributed by atoms with Crippen LogP contribution in [0.25, 0.3) is 0 Å². The van der Waals surface area contributed by atoms with Gasteiger partial charge in [0, 0.05) is 103 Å². The van der Waals surface area contributed by atoms with Gasteiger partial charge in [-0.05, 0) is 110 Å². The molecule has 10 saturated heterocycles. The van der Waals surface area contributed by atoms with Crippen LogP contribution < -0.4 is 49.5 Å². The first-order valence-corrected chi connectivity index (χ1v) is 42.2. The zero-order valence-corrected chi connectivity index (χ0v) is 79.6. The van der Waals surface area contributed by atoms with E-state index in [1.807, 2.05) is 60.7 Å². The molecule has 13 rings (SSSR count). The molecule has 11 heterocycles. The number of benzene rings is 2. The molecular formula is C84H123N21O28Pd2-2. The van der Waals surface area contributed by atoms with Gasteiger partial charge < -0.3 is 138 Å². The summed E-state index contributed by atoms with van der Waals surface area (Å²) in [5.74, 6) is -9.56. The number of primary amides is 4. The summed E-state index contributed by atoms with van der Waals surface area (Å²) < 4.78 is 16.0. The molecule has 51 heteroatoms. The topological polar surface area (TPSA) is 694 Å². The first-order valence-electron chi connectivity index (χ1n) is 42.2. The van der Waals surface area contributed by atoms with Crippen LogP contribution in [0.2, 0.25) is 0 Å².